The van der Waals surface area contributed by atoms with E-state index in [0.29, 0.717) is 27.6 Å². The lowest BCUT2D eigenvalue weighted by Gasteiger charge is -2.20. The second kappa shape index (κ2) is 8.59. The first kappa shape index (κ1) is 19.6. The number of halogens is 2. The molecule has 0 heterocycles. The van der Waals surface area contributed by atoms with Crippen molar-refractivity contribution in [1.82, 2.24) is 0 Å². The SMILES string of the molecule is CC(C)c1cccc(C(C)C)c1NC(=O)COc1c(Cl)cccc1Cl. The van der Waals surface area contributed by atoms with Crippen LogP contribution in [0.1, 0.15) is 50.7 Å². The molecule has 0 spiro atoms. The summed E-state index contributed by atoms with van der Waals surface area (Å²) in [6.07, 6.45) is 0. The van der Waals surface area contributed by atoms with E-state index in [2.05, 4.69) is 33.0 Å². The van der Waals surface area contributed by atoms with Gasteiger partial charge in [-0.25, -0.2) is 0 Å². The maximum absolute atomic E-state index is 12.4. The van der Waals surface area contributed by atoms with E-state index >= 15 is 0 Å². The summed E-state index contributed by atoms with van der Waals surface area (Å²) in [4.78, 5) is 12.4. The molecule has 0 aliphatic rings. The molecule has 0 saturated carbocycles. The minimum atomic E-state index is -0.244. The molecule has 25 heavy (non-hydrogen) atoms. The minimum Gasteiger partial charge on any atom is -0.481 e. The van der Waals surface area contributed by atoms with Crippen LogP contribution in [0, 0.1) is 0 Å². The minimum absolute atomic E-state index is 0.159. The fraction of sp³-hybridized carbons (Fsp3) is 0.350. The smallest absolute Gasteiger partial charge is 0.262 e. The Hall–Kier alpha value is -1.71. The molecule has 0 radical (unpaired) electrons. The van der Waals surface area contributed by atoms with Crippen LogP contribution in [0.25, 0.3) is 0 Å². The van der Waals surface area contributed by atoms with E-state index in [0.717, 1.165) is 16.8 Å². The Labute approximate surface area is 159 Å². The Kier molecular flexibility index (Phi) is 6.74. The summed E-state index contributed by atoms with van der Waals surface area (Å²) in [5, 5.41) is 3.76. The molecule has 0 fully saturated rings. The monoisotopic (exact) mass is 379 g/mol. The van der Waals surface area contributed by atoms with Gasteiger partial charge in [-0.2, -0.15) is 0 Å². The lowest BCUT2D eigenvalue weighted by molar-refractivity contribution is -0.118. The second-order valence-electron chi connectivity index (χ2n) is 6.51. The number of anilines is 1. The van der Waals surface area contributed by atoms with Gasteiger partial charge in [-0.05, 0) is 35.1 Å². The van der Waals surface area contributed by atoms with Crippen LogP contribution in [0.5, 0.6) is 5.75 Å². The van der Waals surface area contributed by atoms with E-state index in [1.54, 1.807) is 18.2 Å². The van der Waals surface area contributed by atoms with Crippen molar-refractivity contribution in [3.8, 4) is 5.75 Å². The van der Waals surface area contributed by atoms with Crippen molar-refractivity contribution >= 4 is 34.8 Å². The number of hydrogen-bond donors (Lipinski definition) is 1. The maximum Gasteiger partial charge on any atom is 0.262 e. The highest BCUT2D eigenvalue weighted by Crippen LogP contribution is 2.34. The van der Waals surface area contributed by atoms with Crippen LogP contribution in [0.15, 0.2) is 36.4 Å². The van der Waals surface area contributed by atoms with Crippen LogP contribution in [0.3, 0.4) is 0 Å². The van der Waals surface area contributed by atoms with E-state index in [-0.39, 0.29) is 12.5 Å². The summed E-state index contributed by atoms with van der Waals surface area (Å²) < 4.78 is 5.53. The Morgan fingerprint density at radius 1 is 0.960 bits per heavy atom. The van der Waals surface area contributed by atoms with Gasteiger partial charge in [0.05, 0.1) is 10.0 Å². The molecule has 5 heteroatoms. The summed E-state index contributed by atoms with van der Waals surface area (Å²) in [5.74, 6) is 0.675. The molecule has 134 valence electrons. The van der Waals surface area contributed by atoms with Gasteiger partial charge in [0.15, 0.2) is 12.4 Å². The third kappa shape index (κ3) is 4.90. The number of benzene rings is 2. The van der Waals surface area contributed by atoms with Crippen LogP contribution in [-0.2, 0) is 4.79 Å². The Balaban J connectivity index is 2.18. The Morgan fingerprint density at radius 2 is 1.44 bits per heavy atom. The third-order valence-corrected chi connectivity index (χ3v) is 4.50. The summed E-state index contributed by atoms with van der Waals surface area (Å²) in [7, 11) is 0. The number of amides is 1. The molecule has 0 atom stereocenters. The number of para-hydroxylation sites is 2. The van der Waals surface area contributed by atoms with Crippen molar-refractivity contribution in [2.24, 2.45) is 0 Å². The standard InChI is InChI=1S/C20H23Cl2NO2/c1-12(2)14-7-5-8-15(13(3)4)19(14)23-18(24)11-25-20-16(21)9-6-10-17(20)22/h5-10,12-13H,11H2,1-4H3,(H,23,24). The van der Waals surface area contributed by atoms with Gasteiger partial charge in [-0.3, -0.25) is 4.79 Å². The van der Waals surface area contributed by atoms with Crippen molar-refractivity contribution in [1.29, 1.82) is 0 Å². The highest BCUT2D eigenvalue weighted by atomic mass is 35.5. The Bertz CT molecular complexity index is 711. The molecule has 0 bridgehead atoms. The van der Waals surface area contributed by atoms with Crippen molar-refractivity contribution < 1.29 is 9.53 Å². The lowest BCUT2D eigenvalue weighted by Crippen LogP contribution is -2.22. The van der Waals surface area contributed by atoms with E-state index < -0.39 is 0 Å². The van der Waals surface area contributed by atoms with Gasteiger partial charge in [0.2, 0.25) is 0 Å². The van der Waals surface area contributed by atoms with E-state index in [1.165, 1.54) is 0 Å². The fourth-order valence-electron chi connectivity index (χ4n) is 2.63. The largest absolute Gasteiger partial charge is 0.481 e. The highest BCUT2D eigenvalue weighted by molar-refractivity contribution is 6.37. The second-order valence-corrected chi connectivity index (χ2v) is 7.32. The van der Waals surface area contributed by atoms with Crippen LogP contribution < -0.4 is 10.1 Å². The third-order valence-electron chi connectivity index (χ3n) is 3.90. The molecule has 0 aliphatic heterocycles. The highest BCUT2D eigenvalue weighted by Gasteiger charge is 2.17. The number of ether oxygens (including phenoxy) is 1. The van der Waals surface area contributed by atoms with Crippen LogP contribution in [0.4, 0.5) is 5.69 Å². The summed E-state index contributed by atoms with van der Waals surface area (Å²) in [5.41, 5.74) is 3.08. The molecule has 1 amide bonds. The normalized spacial score (nSPS) is 11.0. The molecule has 0 aliphatic carbocycles. The first-order chi connectivity index (χ1) is 11.8. The number of carbonyl (C=O) groups is 1. The van der Waals surface area contributed by atoms with Crippen LogP contribution >= 0.6 is 23.2 Å². The van der Waals surface area contributed by atoms with Gasteiger partial charge in [0.1, 0.15) is 0 Å². The van der Waals surface area contributed by atoms with Gasteiger partial charge < -0.3 is 10.1 Å². The van der Waals surface area contributed by atoms with E-state index in [1.807, 2.05) is 18.2 Å². The van der Waals surface area contributed by atoms with Gasteiger partial charge >= 0.3 is 0 Å². The summed E-state index contributed by atoms with van der Waals surface area (Å²) >= 11 is 12.1. The Morgan fingerprint density at radius 3 is 1.92 bits per heavy atom. The lowest BCUT2D eigenvalue weighted by atomic mass is 9.92. The molecule has 0 saturated heterocycles. The zero-order chi connectivity index (χ0) is 18.6. The van der Waals surface area contributed by atoms with Gasteiger partial charge in [0.25, 0.3) is 5.91 Å². The molecule has 2 aromatic carbocycles. The van der Waals surface area contributed by atoms with Gasteiger partial charge in [0, 0.05) is 5.69 Å². The first-order valence-electron chi connectivity index (χ1n) is 8.30. The zero-order valence-corrected chi connectivity index (χ0v) is 16.4. The quantitative estimate of drug-likeness (QED) is 0.643. The molecule has 1 N–H and O–H groups in total. The number of nitrogens with one attached hydrogen (secondary N) is 1. The average Bonchev–Trinajstić information content (AvgIpc) is 2.54. The summed E-state index contributed by atoms with van der Waals surface area (Å²) in [6, 6.07) is 11.2. The number of hydrogen-bond acceptors (Lipinski definition) is 2. The van der Waals surface area contributed by atoms with E-state index in [9.17, 15) is 4.79 Å². The predicted molar refractivity (Wildman–Crippen MR) is 105 cm³/mol. The van der Waals surface area contributed by atoms with E-state index in [4.69, 9.17) is 27.9 Å². The molecule has 0 unspecified atom stereocenters. The molecular formula is C20H23Cl2NO2. The number of carbonyl (C=O) groups excluding carboxylic acids is 1. The molecule has 2 aromatic rings. The van der Waals surface area contributed by atoms with Gasteiger partial charge in [-0.1, -0.05) is 75.2 Å². The number of rotatable bonds is 6. The van der Waals surface area contributed by atoms with Crippen molar-refractivity contribution in [3.05, 3.63) is 57.6 Å². The topological polar surface area (TPSA) is 38.3 Å². The maximum atomic E-state index is 12.4. The first-order valence-corrected chi connectivity index (χ1v) is 9.06. The zero-order valence-electron chi connectivity index (χ0n) is 14.9. The fourth-order valence-corrected chi connectivity index (χ4v) is 3.14. The molecule has 0 aromatic heterocycles. The summed E-state index contributed by atoms with van der Waals surface area (Å²) in [6.45, 7) is 8.27. The van der Waals surface area contributed by atoms with Crippen LogP contribution in [-0.4, -0.2) is 12.5 Å². The van der Waals surface area contributed by atoms with Crippen molar-refractivity contribution in [2.45, 2.75) is 39.5 Å². The van der Waals surface area contributed by atoms with Crippen molar-refractivity contribution in [3.63, 3.8) is 0 Å². The molecule has 3 nitrogen and oxygen atoms in total. The molecular weight excluding hydrogens is 357 g/mol. The molecule has 2 rings (SSSR count). The van der Waals surface area contributed by atoms with Gasteiger partial charge in [-0.15, -0.1) is 0 Å². The average molecular weight is 380 g/mol. The predicted octanol–water partition coefficient (Wildman–Crippen LogP) is 6.26. The van der Waals surface area contributed by atoms with Crippen molar-refractivity contribution in [2.75, 3.05) is 11.9 Å². The van der Waals surface area contributed by atoms with Crippen LogP contribution in [0.2, 0.25) is 10.0 Å².